The zero-order chi connectivity index (χ0) is 9.68. The molecule has 1 heterocycles. The summed E-state index contributed by atoms with van der Waals surface area (Å²) in [4.78, 5) is 0. The second-order valence-corrected chi connectivity index (χ2v) is 3.46. The van der Waals surface area contributed by atoms with E-state index in [1.807, 2.05) is 6.07 Å². The Balaban J connectivity index is 2.32. The largest absolute Gasteiger partial charge is 0.364 e. The first kappa shape index (κ1) is 10.2. The molecule has 0 aliphatic carbocycles. The van der Waals surface area contributed by atoms with Crippen molar-refractivity contribution in [3.63, 3.8) is 0 Å². The molecular weight excluding hydrogens is 166 g/mol. The summed E-state index contributed by atoms with van der Waals surface area (Å²) in [5.41, 5.74) is 6.52. The van der Waals surface area contributed by atoms with Gasteiger partial charge in [-0.1, -0.05) is 19.0 Å². The van der Waals surface area contributed by atoms with Crippen LogP contribution in [0.2, 0.25) is 0 Å². The maximum atomic E-state index is 5.61. The lowest BCUT2D eigenvalue weighted by molar-refractivity contribution is 0.382. The topological polar surface area (TPSA) is 64.1 Å². The van der Waals surface area contributed by atoms with Crippen molar-refractivity contribution in [3.05, 3.63) is 18.0 Å². The van der Waals surface area contributed by atoms with Crippen molar-refractivity contribution in [2.45, 2.75) is 26.4 Å². The molecule has 1 atom stereocenters. The fourth-order valence-electron chi connectivity index (χ4n) is 1.16. The van der Waals surface area contributed by atoms with Gasteiger partial charge < -0.3 is 15.6 Å². The van der Waals surface area contributed by atoms with Crippen molar-refractivity contribution in [2.24, 2.45) is 11.7 Å². The van der Waals surface area contributed by atoms with Gasteiger partial charge in [0.25, 0.3) is 0 Å². The lowest BCUT2D eigenvalue weighted by Crippen LogP contribution is -2.39. The van der Waals surface area contributed by atoms with Crippen molar-refractivity contribution in [3.8, 4) is 0 Å². The minimum absolute atomic E-state index is 0.344. The second kappa shape index (κ2) is 4.99. The van der Waals surface area contributed by atoms with Crippen molar-refractivity contribution < 1.29 is 4.52 Å². The van der Waals surface area contributed by atoms with Gasteiger partial charge in [0.1, 0.15) is 6.26 Å². The van der Waals surface area contributed by atoms with Crippen LogP contribution in [-0.4, -0.2) is 17.7 Å². The van der Waals surface area contributed by atoms with Gasteiger partial charge in [-0.15, -0.1) is 0 Å². The molecule has 1 aromatic heterocycles. The number of hydrogen-bond acceptors (Lipinski definition) is 4. The van der Waals surface area contributed by atoms with Gasteiger partial charge in [-0.2, -0.15) is 0 Å². The SMILES string of the molecule is CC(C)C(CN)NCc1ccon1. The lowest BCUT2D eigenvalue weighted by atomic mass is 10.0. The predicted molar refractivity (Wildman–Crippen MR) is 51.0 cm³/mol. The molecule has 0 saturated carbocycles. The molecule has 4 nitrogen and oxygen atoms in total. The van der Waals surface area contributed by atoms with Crippen LogP contribution >= 0.6 is 0 Å². The highest BCUT2D eigenvalue weighted by Crippen LogP contribution is 2.01. The number of nitrogens with zero attached hydrogens (tertiary/aromatic N) is 1. The van der Waals surface area contributed by atoms with Crippen molar-refractivity contribution in [1.29, 1.82) is 0 Å². The van der Waals surface area contributed by atoms with E-state index in [0.717, 1.165) is 12.2 Å². The molecule has 0 spiro atoms. The molecule has 13 heavy (non-hydrogen) atoms. The van der Waals surface area contributed by atoms with Crippen LogP contribution in [-0.2, 0) is 6.54 Å². The number of rotatable bonds is 5. The Morgan fingerprint density at radius 3 is 2.85 bits per heavy atom. The molecule has 0 aliphatic rings. The zero-order valence-electron chi connectivity index (χ0n) is 8.16. The van der Waals surface area contributed by atoms with Crippen LogP contribution in [0.3, 0.4) is 0 Å². The van der Waals surface area contributed by atoms with Crippen LogP contribution in [0.5, 0.6) is 0 Å². The van der Waals surface area contributed by atoms with Crippen molar-refractivity contribution >= 4 is 0 Å². The molecule has 0 fully saturated rings. The molecule has 0 amide bonds. The summed E-state index contributed by atoms with van der Waals surface area (Å²) in [6, 6.07) is 2.19. The molecule has 3 N–H and O–H groups in total. The molecule has 74 valence electrons. The van der Waals surface area contributed by atoms with E-state index in [4.69, 9.17) is 10.3 Å². The third kappa shape index (κ3) is 3.16. The summed E-state index contributed by atoms with van der Waals surface area (Å²) in [7, 11) is 0. The van der Waals surface area contributed by atoms with E-state index in [-0.39, 0.29) is 0 Å². The molecule has 0 aliphatic heterocycles. The van der Waals surface area contributed by atoms with Gasteiger partial charge in [-0.25, -0.2) is 0 Å². The molecular formula is C9H17N3O. The van der Waals surface area contributed by atoms with Gasteiger partial charge in [0, 0.05) is 25.2 Å². The second-order valence-electron chi connectivity index (χ2n) is 3.46. The van der Waals surface area contributed by atoms with Crippen LogP contribution in [0.25, 0.3) is 0 Å². The molecule has 1 unspecified atom stereocenters. The van der Waals surface area contributed by atoms with E-state index in [9.17, 15) is 0 Å². The summed E-state index contributed by atoms with van der Waals surface area (Å²) < 4.78 is 4.72. The monoisotopic (exact) mass is 183 g/mol. The fraction of sp³-hybridized carbons (Fsp3) is 0.667. The molecule has 0 saturated heterocycles. The smallest absolute Gasteiger partial charge is 0.124 e. The predicted octanol–water partition coefficient (Wildman–Crippen LogP) is 0.747. The average molecular weight is 183 g/mol. The minimum Gasteiger partial charge on any atom is -0.364 e. The average Bonchev–Trinajstić information content (AvgIpc) is 2.57. The van der Waals surface area contributed by atoms with E-state index in [1.54, 1.807) is 6.26 Å². The van der Waals surface area contributed by atoms with Crippen LogP contribution < -0.4 is 11.1 Å². The first-order valence-electron chi connectivity index (χ1n) is 4.56. The Kier molecular flexibility index (Phi) is 3.92. The summed E-state index contributed by atoms with van der Waals surface area (Å²) in [5.74, 6) is 0.539. The number of hydrogen-bond donors (Lipinski definition) is 2. The molecule has 4 heteroatoms. The summed E-state index contributed by atoms with van der Waals surface area (Å²) >= 11 is 0. The van der Waals surface area contributed by atoms with E-state index in [2.05, 4.69) is 24.3 Å². The van der Waals surface area contributed by atoms with Gasteiger partial charge in [-0.3, -0.25) is 0 Å². The highest BCUT2D eigenvalue weighted by molar-refractivity contribution is 4.95. The van der Waals surface area contributed by atoms with Crippen molar-refractivity contribution in [2.75, 3.05) is 6.54 Å². The Morgan fingerprint density at radius 2 is 2.38 bits per heavy atom. The van der Waals surface area contributed by atoms with E-state index in [0.29, 0.717) is 18.5 Å². The molecule has 1 rings (SSSR count). The summed E-state index contributed by atoms with van der Waals surface area (Å²) in [6.45, 7) is 5.66. The molecule has 1 aromatic rings. The van der Waals surface area contributed by atoms with Gasteiger partial charge in [-0.05, 0) is 5.92 Å². The zero-order valence-corrected chi connectivity index (χ0v) is 8.16. The lowest BCUT2D eigenvalue weighted by Gasteiger charge is -2.19. The summed E-state index contributed by atoms with van der Waals surface area (Å²) in [5, 5.41) is 7.13. The highest BCUT2D eigenvalue weighted by atomic mass is 16.5. The number of nitrogens with one attached hydrogen (secondary N) is 1. The van der Waals surface area contributed by atoms with E-state index < -0.39 is 0 Å². The Labute approximate surface area is 78.5 Å². The quantitative estimate of drug-likeness (QED) is 0.707. The normalized spacial score (nSPS) is 13.5. The third-order valence-corrected chi connectivity index (χ3v) is 2.10. The maximum absolute atomic E-state index is 5.61. The first-order valence-corrected chi connectivity index (χ1v) is 4.56. The van der Waals surface area contributed by atoms with Gasteiger partial charge in [0.05, 0.1) is 5.69 Å². The maximum Gasteiger partial charge on any atom is 0.124 e. The van der Waals surface area contributed by atoms with Crippen molar-refractivity contribution in [1.82, 2.24) is 10.5 Å². The van der Waals surface area contributed by atoms with E-state index in [1.165, 1.54) is 0 Å². The van der Waals surface area contributed by atoms with E-state index >= 15 is 0 Å². The Bertz CT molecular complexity index is 221. The summed E-state index contributed by atoms with van der Waals surface area (Å²) in [6.07, 6.45) is 1.57. The molecule has 0 bridgehead atoms. The minimum atomic E-state index is 0.344. The number of aromatic nitrogens is 1. The van der Waals surface area contributed by atoms with Crippen LogP contribution in [0.1, 0.15) is 19.5 Å². The van der Waals surface area contributed by atoms with Crippen LogP contribution in [0.4, 0.5) is 0 Å². The Morgan fingerprint density at radius 1 is 1.62 bits per heavy atom. The van der Waals surface area contributed by atoms with Gasteiger partial charge in [0.15, 0.2) is 0 Å². The standard InChI is InChI=1S/C9H17N3O/c1-7(2)9(5-10)11-6-8-3-4-13-12-8/h3-4,7,9,11H,5-6,10H2,1-2H3. The first-order chi connectivity index (χ1) is 6.24. The van der Waals surface area contributed by atoms with Crippen LogP contribution in [0, 0.1) is 5.92 Å². The molecule has 0 aromatic carbocycles. The van der Waals surface area contributed by atoms with Gasteiger partial charge >= 0.3 is 0 Å². The van der Waals surface area contributed by atoms with Crippen LogP contribution in [0.15, 0.2) is 16.9 Å². The molecule has 0 radical (unpaired) electrons. The third-order valence-electron chi connectivity index (χ3n) is 2.10. The van der Waals surface area contributed by atoms with Gasteiger partial charge in [0.2, 0.25) is 0 Å². The number of nitrogens with two attached hydrogens (primary N) is 1. The Hall–Kier alpha value is -0.870. The fourth-order valence-corrected chi connectivity index (χ4v) is 1.16. The highest BCUT2D eigenvalue weighted by Gasteiger charge is 2.10.